The van der Waals surface area contributed by atoms with Crippen LogP contribution in [0.3, 0.4) is 0 Å². The van der Waals surface area contributed by atoms with Crippen molar-refractivity contribution in [1.82, 2.24) is 9.80 Å². The molecule has 1 fully saturated rings. The van der Waals surface area contributed by atoms with Gasteiger partial charge in [0, 0.05) is 32.7 Å². The van der Waals surface area contributed by atoms with Gasteiger partial charge in [-0.15, -0.1) is 0 Å². The average Bonchev–Trinajstić information content (AvgIpc) is 2.64. The zero-order valence-electron chi connectivity index (χ0n) is 15.2. The molecule has 0 N–H and O–H groups in total. The fourth-order valence-electron chi connectivity index (χ4n) is 3.65. The number of hydrogen-bond acceptors (Lipinski definition) is 2. The zero-order chi connectivity index (χ0) is 17.6. The van der Waals surface area contributed by atoms with Gasteiger partial charge in [-0.2, -0.15) is 0 Å². The summed E-state index contributed by atoms with van der Waals surface area (Å²) in [4.78, 5) is 5.08. The fraction of sp³-hybridized carbons (Fsp3) is 0.304. The molecule has 1 atom stereocenters. The summed E-state index contributed by atoms with van der Waals surface area (Å²) in [7, 11) is 0. The normalized spacial score (nSPS) is 17.2. The molecule has 25 heavy (non-hydrogen) atoms. The molecule has 2 aromatic carbocycles. The maximum atomic E-state index is 4.25. The van der Waals surface area contributed by atoms with Crippen LogP contribution in [0.1, 0.15) is 22.7 Å². The van der Waals surface area contributed by atoms with Crippen LogP contribution < -0.4 is 0 Å². The average molecular weight is 332 g/mol. The maximum Gasteiger partial charge on any atom is 0.0596 e. The van der Waals surface area contributed by atoms with E-state index in [9.17, 15) is 0 Å². The van der Waals surface area contributed by atoms with E-state index >= 15 is 0 Å². The van der Waals surface area contributed by atoms with Crippen LogP contribution in [0, 0.1) is 6.92 Å². The summed E-state index contributed by atoms with van der Waals surface area (Å²) in [6.07, 6.45) is 1.90. The zero-order valence-corrected chi connectivity index (χ0v) is 15.2. The summed E-state index contributed by atoms with van der Waals surface area (Å²) >= 11 is 0. The molecule has 1 saturated heterocycles. The van der Waals surface area contributed by atoms with Gasteiger partial charge >= 0.3 is 0 Å². The molecule has 1 aliphatic rings. The quantitative estimate of drug-likeness (QED) is 0.714. The molecule has 1 heterocycles. The number of hydrogen-bond donors (Lipinski definition) is 0. The third kappa shape index (κ3) is 4.47. The van der Waals surface area contributed by atoms with Crippen molar-refractivity contribution >= 4 is 0 Å². The Bertz CT molecular complexity index is 712. The highest BCUT2D eigenvalue weighted by atomic mass is 15.3. The van der Waals surface area contributed by atoms with Gasteiger partial charge in [-0.25, -0.2) is 0 Å². The molecule has 0 amide bonds. The number of nitrogens with zero attached hydrogens (tertiary/aromatic N) is 2. The van der Waals surface area contributed by atoms with E-state index in [1.165, 1.54) is 16.7 Å². The van der Waals surface area contributed by atoms with Crippen LogP contribution >= 0.6 is 0 Å². The topological polar surface area (TPSA) is 6.48 Å². The van der Waals surface area contributed by atoms with Crippen LogP contribution in [-0.2, 0) is 6.54 Å². The Morgan fingerprint density at radius 2 is 1.76 bits per heavy atom. The summed E-state index contributed by atoms with van der Waals surface area (Å²) in [5.74, 6) is 0. The molecule has 0 aromatic heterocycles. The Balaban J connectivity index is 1.65. The Morgan fingerprint density at radius 1 is 1.04 bits per heavy atom. The standard InChI is InChI=1S/C23H28N2/c1-4-20(3)23(22-11-6-5-7-12-22)25-15-13-24(14-16-25)18-21-10-8-9-19(2)17-21/h4-12,17,23H,1,3,13-16,18H2,2H3. The van der Waals surface area contributed by atoms with E-state index in [2.05, 4.69) is 84.5 Å². The minimum Gasteiger partial charge on any atom is -0.297 e. The first kappa shape index (κ1) is 17.7. The minimum atomic E-state index is 0.236. The third-order valence-electron chi connectivity index (χ3n) is 4.99. The van der Waals surface area contributed by atoms with E-state index in [1.54, 1.807) is 0 Å². The van der Waals surface area contributed by atoms with E-state index in [0.717, 1.165) is 38.3 Å². The van der Waals surface area contributed by atoms with Crippen molar-refractivity contribution in [3.8, 4) is 0 Å². The largest absolute Gasteiger partial charge is 0.297 e. The smallest absolute Gasteiger partial charge is 0.0596 e. The molecule has 130 valence electrons. The summed E-state index contributed by atoms with van der Waals surface area (Å²) in [5, 5.41) is 0. The first-order valence-electron chi connectivity index (χ1n) is 9.05. The van der Waals surface area contributed by atoms with E-state index in [1.807, 2.05) is 6.08 Å². The molecular weight excluding hydrogens is 304 g/mol. The minimum absolute atomic E-state index is 0.236. The molecule has 2 aromatic rings. The lowest BCUT2D eigenvalue weighted by atomic mass is 9.97. The summed E-state index contributed by atoms with van der Waals surface area (Å²) in [6.45, 7) is 15.7. The van der Waals surface area contributed by atoms with Crippen LogP contribution in [0.2, 0.25) is 0 Å². The predicted molar refractivity (Wildman–Crippen MR) is 107 cm³/mol. The monoisotopic (exact) mass is 332 g/mol. The number of rotatable bonds is 6. The van der Waals surface area contributed by atoms with Crippen molar-refractivity contribution in [3.05, 3.63) is 96.1 Å². The van der Waals surface area contributed by atoms with Crippen molar-refractivity contribution in [2.75, 3.05) is 26.2 Å². The van der Waals surface area contributed by atoms with E-state index < -0.39 is 0 Å². The molecule has 0 radical (unpaired) electrons. The van der Waals surface area contributed by atoms with Gasteiger partial charge in [0.15, 0.2) is 0 Å². The Morgan fingerprint density at radius 3 is 2.40 bits per heavy atom. The van der Waals surface area contributed by atoms with Gasteiger partial charge in [-0.3, -0.25) is 9.80 Å². The molecule has 2 heteroatoms. The van der Waals surface area contributed by atoms with Gasteiger partial charge < -0.3 is 0 Å². The second-order valence-electron chi connectivity index (χ2n) is 6.89. The molecular formula is C23H28N2. The van der Waals surface area contributed by atoms with Gasteiger partial charge in [0.05, 0.1) is 6.04 Å². The molecule has 0 aliphatic carbocycles. The Hall–Kier alpha value is -2.16. The van der Waals surface area contributed by atoms with E-state index in [4.69, 9.17) is 0 Å². The lowest BCUT2D eigenvalue weighted by Gasteiger charge is -2.40. The first-order chi connectivity index (χ1) is 12.2. The lowest BCUT2D eigenvalue weighted by molar-refractivity contribution is 0.105. The highest BCUT2D eigenvalue weighted by Crippen LogP contribution is 2.29. The second kappa shape index (κ2) is 8.28. The van der Waals surface area contributed by atoms with Crippen molar-refractivity contribution in [2.45, 2.75) is 19.5 Å². The first-order valence-corrected chi connectivity index (χ1v) is 9.05. The highest BCUT2D eigenvalue weighted by molar-refractivity contribution is 5.32. The van der Waals surface area contributed by atoms with Crippen LogP contribution in [0.4, 0.5) is 0 Å². The molecule has 1 aliphatic heterocycles. The van der Waals surface area contributed by atoms with Crippen molar-refractivity contribution in [3.63, 3.8) is 0 Å². The fourth-order valence-corrected chi connectivity index (χ4v) is 3.65. The highest BCUT2D eigenvalue weighted by Gasteiger charge is 2.26. The summed E-state index contributed by atoms with van der Waals surface area (Å²) in [5.41, 5.74) is 5.13. The van der Waals surface area contributed by atoms with Gasteiger partial charge in [0.2, 0.25) is 0 Å². The molecule has 1 unspecified atom stereocenters. The summed E-state index contributed by atoms with van der Waals surface area (Å²) in [6, 6.07) is 19.7. The van der Waals surface area contributed by atoms with Crippen molar-refractivity contribution < 1.29 is 0 Å². The lowest BCUT2D eigenvalue weighted by Crippen LogP contribution is -2.47. The van der Waals surface area contributed by atoms with E-state index in [-0.39, 0.29) is 6.04 Å². The molecule has 0 bridgehead atoms. The Kier molecular flexibility index (Phi) is 5.85. The van der Waals surface area contributed by atoms with Crippen LogP contribution in [0.15, 0.2) is 79.4 Å². The number of piperazine rings is 1. The van der Waals surface area contributed by atoms with Crippen LogP contribution in [0.25, 0.3) is 0 Å². The van der Waals surface area contributed by atoms with Gasteiger partial charge in [-0.1, -0.05) is 79.4 Å². The molecule has 0 saturated carbocycles. The van der Waals surface area contributed by atoms with Crippen molar-refractivity contribution in [2.24, 2.45) is 0 Å². The van der Waals surface area contributed by atoms with Crippen LogP contribution in [-0.4, -0.2) is 36.0 Å². The van der Waals surface area contributed by atoms with Gasteiger partial charge in [0.1, 0.15) is 0 Å². The second-order valence-corrected chi connectivity index (χ2v) is 6.89. The SMILES string of the molecule is C=CC(=C)C(c1ccccc1)N1CCN(Cc2cccc(C)c2)CC1. The molecule has 3 rings (SSSR count). The van der Waals surface area contributed by atoms with Gasteiger partial charge in [0.25, 0.3) is 0 Å². The molecule has 2 nitrogen and oxygen atoms in total. The molecule has 0 spiro atoms. The number of aryl methyl sites for hydroxylation is 1. The summed E-state index contributed by atoms with van der Waals surface area (Å²) < 4.78 is 0. The van der Waals surface area contributed by atoms with E-state index in [0.29, 0.717) is 0 Å². The third-order valence-corrected chi connectivity index (χ3v) is 4.99. The number of benzene rings is 2. The Labute approximate surface area is 152 Å². The van der Waals surface area contributed by atoms with Crippen LogP contribution in [0.5, 0.6) is 0 Å². The predicted octanol–water partition coefficient (Wildman–Crippen LogP) is 4.60. The maximum absolute atomic E-state index is 4.25. The van der Waals surface area contributed by atoms with Gasteiger partial charge in [-0.05, 0) is 23.6 Å². The van der Waals surface area contributed by atoms with Crippen molar-refractivity contribution in [1.29, 1.82) is 0 Å².